The number of nitrogens with one attached hydrogen (secondary N) is 1. The van der Waals surface area contributed by atoms with Crippen molar-refractivity contribution in [2.24, 2.45) is 0 Å². The summed E-state index contributed by atoms with van der Waals surface area (Å²) in [5, 5.41) is 2.67. The van der Waals surface area contributed by atoms with Gasteiger partial charge in [-0.25, -0.2) is 0 Å². The van der Waals surface area contributed by atoms with Crippen LogP contribution in [0.1, 0.15) is 24.8 Å². The molecule has 22 heavy (non-hydrogen) atoms. The van der Waals surface area contributed by atoms with Crippen LogP contribution >= 0.6 is 15.9 Å². The molecule has 5 heteroatoms. The maximum Gasteiger partial charge on any atom is 0.261 e. The van der Waals surface area contributed by atoms with Gasteiger partial charge in [-0.05, 0) is 43.0 Å². The number of Topliss-reactive ketones (excluding diaryl/α,β-unsaturated/α-hetero) is 1. The zero-order valence-electron chi connectivity index (χ0n) is 12.1. The summed E-state index contributed by atoms with van der Waals surface area (Å²) in [5.74, 6) is -0.530. The first-order valence-corrected chi connectivity index (χ1v) is 8.22. The molecule has 2 saturated heterocycles. The summed E-state index contributed by atoms with van der Waals surface area (Å²) >= 11 is 3.37. The summed E-state index contributed by atoms with van der Waals surface area (Å²) in [7, 11) is 0. The number of ketones is 1. The Labute approximate surface area is 138 Å². The summed E-state index contributed by atoms with van der Waals surface area (Å²) in [4.78, 5) is 26.5. The van der Waals surface area contributed by atoms with Crippen LogP contribution in [0.5, 0.6) is 0 Å². The average Bonchev–Trinajstić information content (AvgIpc) is 2.78. The van der Waals surface area contributed by atoms with Crippen LogP contribution in [0.25, 0.3) is 6.08 Å². The van der Waals surface area contributed by atoms with Crippen molar-refractivity contribution in [3.63, 3.8) is 0 Å². The number of piperidine rings is 1. The summed E-state index contributed by atoms with van der Waals surface area (Å²) < 4.78 is 0.974. The van der Waals surface area contributed by atoms with Crippen LogP contribution in [0.4, 0.5) is 0 Å². The van der Waals surface area contributed by atoms with E-state index in [9.17, 15) is 9.59 Å². The van der Waals surface area contributed by atoms with Crippen molar-refractivity contribution in [2.45, 2.75) is 19.3 Å². The van der Waals surface area contributed by atoms with Gasteiger partial charge in [0, 0.05) is 23.8 Å². The summed E-state index contributed by atoms with van der Waals surface area (Å²) in [6.07, 6.45) is 6.87. The minimum absolute atomic E-state index is 0.224. The minimum atomic E-state index is -0.307. The maximum atomic E-state index is 12.4. The molecule has 1 N–H and O–H groups in total. The molecule has 1 aromatic carbocycles. The van der Waals surface area contributed by atoms with E-state index in [1.54, 1.807) is 12.3 Å². The van der Waals surface area contributed by atoms with Gasteiger partial charge >= 0.3 is 0 Å². The van der Waals surface area contributed by atoms with Gasteiger partial charge < -0.3 is 10.2 Å². The van der Waals surface area contributed by atoms with E-state index in [0.29, 0.717) is 5.70 Å². The average molecular weight is 361 g/mol. The third kappa shape index (κ3) is 3.30. The van der Waals surface area contributed by atoms with Gasteiger partial charge in [0.1, 0.15) is 5.57 Å². The van der Waals surface area contributed by atoms with E-state index >= 15 is 0 Å². The van der Waals surface area contributed by atoms with Gasteiger partial charge in [0.15, 0.2) is 0 Å². The standard InChI is InChI=1S/C17H17BrN2O2/c18-13-6-4-12(5-7-13)10-15-16(21)14(17(22)19-15)11-20-8-2-1-3-9-20/h4-7,10-11H,1-3,8-9H2,(H,19,22)/b14-11-,15-10-. The molecule has 2 heterocycles. The van der Waals surface area contributed by atoms with Crippen molar-refractivity contribution in [3.05, 3.63) is 51.8 Å². The number of allylic oxidation sites excluding steroid dienone is 1. The Balaban J connectivity index is 1.81. The highest BCUT2D eigenvalue weighted by Gasteiger charge is 2.31. The molecule has 114 valence electrons. The van der Waals surface area contributed by atoms with Crippen LogP contribution < -0.4 is 5.32 Å². The molecule has 2 fully saturated rings. The number of halogens is 1. The number of carbonyl (C=O) groups is 2. The second kappa shape index (κ2) is 6.48. The smallest absolute Gasteiger partial charge is 0.261 e. The molecule has 2 aliphatic rings. The molecule has 2 aliphatic heterocycles. The number of benzene rings is 1. The topological polar surface area (TPSA) is 49.4 Å². The fraction of sp³-hybridized carbons (Fsp3) is 0.294. The highest BCUT2D eigenvalue weighted by atomic mass is 79.9. The van der Waals surface area contributed by atoms with E-state index in [1.807, 2.05) is 24.3 Å². The SMILES string of the molecule is O=C1N/C(=C\c2ccc(Br)cc2)C(=O)/C1=C/N1CCCCC1. The number of amides is 1. The fourth-order valence-electron chi connectivity index (χ4n) is 2.67. The lowest BCUT2D eigenvalue weighted by molar-refractivity contribution is -0.117. The number of rotatable bonds is 2. The third-order valence-electron chi connectivity index (χ3n) is 3.87. The number of nitrogens with zero attached hydrogens (tertiary/aromatic N) is 1. The predicted molar refractivity (Wildman–Crippen MR) is 88.8 cm³/mol. The zero-order valence-corrected chi connectivity index (χ0v) is 13.7. The van der Waals surface area contributed by atoms with E-state index in [4.69, 9.17) is 0 Å². The van der Waals surface area contributed by atoms with Gasteiger partial charge in [-0.1, -0.05) is 28.1 Å². The molecule has 0 bridgehead atoms. The van der Waals surface area contributed by atoms with Crippen molar-refractivity contribution in [1.82, 2.24) is 10.2 Å². The molecule has 0 saturated carbocycles. The lowest BCUT2D eigenvalue weighted by atomic mass is 10.1. The van der Waals surface area contributed by atoms with Crippen molar-refractivity contribution in [1.29, 1.82) is 0 Å². The highest BCUT2D eigenvalue weighted by Crippen LogP contribution is 2.20. The second-order valence-electron chi connectivity index (χ2n) is 5.53. The van der Waals surface area contributed by atoms with Crippen LogP contribution in [-0.2, 0) is 9.59 Å². The second-order valence-corrected chi connectivity index (χ2v) is 6.45. The first-order valence-electron chi connectivity index (χ1n) is 7.43. The molecule has 0 radical (unpaired) electrons. The van der Waals surface area contributed by atoms with Crippen LogP contribution in [0.3, 0.4) is 0 Å². The number of hydrogen-bond acceptors (Lipinski definition) is 3. The minimum Gasteiger partial charge on any atom is -0.377 e. The van der Waals surface area contributed by atoms with E-state index < -0.39 is 0 Å². The lowest BCUT2D eigenvalue weighted by Gasteiger charge is -2.25. The highest BCUT2D eigenvalue weighted by molar-refractivity contribution is 9.10. The van der Waals surface area contributed by atoms with Crippen LogP contribution in [0.2, 0.25) is 0 Å². The molecule has 0 atom stereocenters. The summed E-state index contributed by atoms with van der Waals surface area (Å²) in [5.41, 5.74) is 1.46. The van der Waals surface area contributed by atoms with Gasteiger partial charge in [-0.15, -0.1) is 0 Å². The third-order valence-corrected chi connectivity index (χ3v) is 4.39. The molecule has 0 spiro atoms. The molecular weight excluding hydrogens is 344 g/mol. The van der Waals surface area contributed by atoms with E-state index in [-0.39, 0.29) is 17.3 Å². The van der Waals surface area contributed by atoms with E-state index in [1.165, 1.54) is 6.42 Å². The Bertz CT molecular complexity index is 656. The van der Waals surface area contributed by atoms with E-state index in [0.717, 1.165) is 36.0 Å². The molecule has 0 aromatic heterocycles. The first-order chi connectivity index (χ1) is 10.6. The first kappa shape index (κ1) is 15.0. The molecular formula is C17H17BrN2O2. The normalized spacial score (nSPS) is 22.5. The Hall–Kier alpha value is -1.88. The Morgan fingerprint density at radius 3 is 2.41 bits per heavy atom. The van der Waals surface area contributed by atoms with Gasteiger partial charge in [0.05, 0.1) is 5.70 Å². The quantitative estimate of drug-likeness (QED) is 0.651. The monoisotopic (exact) mass is 360 g/mol. The zero-order chi connectivity index (χ0) is 15.5. The lowest BCUT2D eigenvalue weighted by Crippen LogP contribution is -2.26. The molecule has 0 unspecified atom stereocenters. The Kier molecular flexibility index (Phi) is 4.43. The molecule has 1 amide bonds. The van der Waals surface area contributed by atoms with E-state index in [2.05, 4.69) is 26.1 Å². The molecule has 3 rings (SSSR count). The van der Waals surface area contributed by atoms with Crippen LogP contribution in [0.15, 0.2) is 46.2 Å². The van der Waals surface area contributed by atoms with Crippen LogP contribution in [0, 0.1) is 0 Å². The molecule has 4 nitrogen and oxygen atoms in total. The van der Waals surface area contributed by atoms with Crippen molar-refractivity contribution in [3.8, 4) is 0 Å². The Morgan fingerprint density at radius 1 is 1.05 bits per heavy atom. The summed E-state index contributed by atoms with van der Waals surface area (Å²) in [6.45, 7) is 1.83. The largest absolute Gasteiger partial charge is 0.377 e. The van der Waals surface area contributed by atoms with Gasteiger partial charge in [-0.3, -0.25) is 9.59 Å². The molecule has 0 aliphatic carbocycles. The van der Waals surface area contributed by atoms with Gasteiger partial charge in [0.2, 0.25) is 5.78 Å². The van der Waals surface area contributed by atoms with Crippen LogP contribution in [-0.4, -0.2) is 29.7 Å². The van der Waals surface area contributed by atoms with Crippen molar-refractivity contribution >= 4 is 33.7 Å². The number of carbonyl (C=O) groups excluding carboxylic acids is 2. The summed E-state index contributed by atoms with van der Waals surface area (Å²) in [6, 6.07) is 7.59. The number of hydrogen-bond donors (Lipinski definition) is 1. The van der Waals surface area contributed by atoms with Crippen molar-refractivity contribution < 1.29 is 9.59 Å². The number of likely N-dealkylation sites (tertiary alicyclic amines) is 1. The van der Waals surface area contributed by atoms with Gasteiger partial charge in [-0.2, -0.15) is 0 Å². The van der Waals surface area contributed by atoms with Gasteiger partial charge in [0.25, 0.3) is 5.91 Å². The van der Waals surface area contributed by atoms with Crippen molar-refractivity contribution in [2.75, 3.05) is 13.1 Å². The fourth-order valence-corrected chi connectivity index (χ4v) is 2.93. The Morgan fingerprint density at radius 2 is 1.73 bits per heavy atom. The molecule has 1 aromatic rings. The maximum absolute atomic E-state index is 12.4. The predicted octanol–water partition coefficient (Wildman–Crippen LogP) is 2.86.